The predicted octanol–water partition coefficient (Wildman–Crippen LogP) is 3.26. The van der Waals surface area contributed by atoms with Gasteiger partial charge >= 0.3 is 0 Å². The molecule has 2 amide bonds. The number of likely N-dealkylation sites (N-methyl/N-ethyl adjacent to an activating group) is 1. The number of hydrogen-bond donors (Lipinski definition) is 1. The molecule has 0 aliphatic rings. The summed E-state index contributed by atoms with van der Waals surface area (Å²) in [5.41, 5.74) is 2.83. The van der Waals surface area contributed by atoms with Crippen LogP contribution in [0, 0.1) is 13.8 Å². The van der Waals surface area contributed by atoms with E-state index in [-0.39, 0.29) is 29.9 Å². The van der Waals surface area contributed by atoms with E-state index in [1.165, 1.54) is 24.1 Å². The molecule has 0 heterocycles. The Morgan fingerprint density at radius 2 is 1.61 bits per heavy atom. The van der Waals surface area contributed by atoms with Crippen LogP contribution >= 0.6 is 0 Å². The first-order valence-corrected chi connectivity index (χ1v) is 12.6. The molecule has 0 unspecified atom stereocenters. The Balaban J connectivity index is 2.29. The molecule has 7 nitrogen and oxygen atoms in total. The Morgan fingerprint density at radius 1 is 1.00 bits per heavy atom. The van der Waals surface area contributed by atoms with Crippen LogP contribution in [-0.2, 0) is 26.2 Å². The summed E-state index contributed by atoms with van der Waals surface area (Å²) in [5.74, 6) is -0.710. The molecule has 180 valence electrons. The first-order chi connectivity index (χ1) is 15.5. The standard InChI is InChI=1S/C25H35N3O4S/c1-7-20(4)26-25(30)21(5)28(16-22-11-9-8-10-19(22)3)24(29)17-27(6)33(31,32)23-14-12-18(2)13-15-23/h8-15,20-21H,7,16-17H2,1-6H3,(H,26,30)/t20-,21+/m0/s1. The minimum absolute atomic E-state index is 0.0278. The Morgan fingerprint density at radius 3 is 2.18 bits per heavy atom. The van der Waals surface area contributed by atoms with Gasteiger partial charge in [-0.25, -0.2) is 8.42 Å². The van der Waals surface area contributed by atoms with Gasteiger partial charge in [0, 0.05) is 19.6 Å². The quantitative estimate of drug-likeness (QED) is 0.574. The van der Waals surface area contributed by atoms with Gasteiger partial charge in [0.1, 0.15) is 6.04 Å². The van der Waals surface area contributed by atoms with E-state index < -0.39 is 22.0 Å². The molecule has 1 N–H and O–H groups in total. The van der Waals surface area contributed by atoms with Crippen molar-refractivity contribution in [3.8, 4) is 0 Å². The number of benzene rings is 2. The van der Waals surface area contributed by atoms with Crippen LogP contribution in [0.2, 0.25) is 0 Å². The number of sulfonamides is 1. The number of carbonyl (C=O) groups is 2. The van der Waals surface area contributed by atoms with Crippen LogP contribution in [0.15, 0.2) is 53.4 Å². The molecule has 0 spiro atoms. The lowest BCUT2D eigenvalue weighted by molar-refractivity contribution is -0.140. The fourth-order valence-corrected chi connectivity index (χ4v) is 4.40. The monoisotopic (exact) mass is 473 g/mol. The van der Waals surface area contributed by atoms with Gasteiger partial charge in [0.2, 0.25) is 21.8 Å². The second-order valence-corrected chi connectivity index (χ2v) is 10.6. The molecule has 0 aliphatic heterocycles. The van der Waals surface area contributed by atoms with Gasteiger partial charge in [-0.15, -0.1) is 0 Å². The maximum atomic E-state index is 13.3. The third kappa shape index (κ3) is 6.88. The van der Waals surface area contributed by atoms with Gasteiger partial charge in [-0.2, -0.15) is 4.31 Å². The zero-order chi connectivity index (χ0) is 24.8. The molecule has 2 atom stereocenters. The molecule has 0 saturated heterocycles. The molecule has 2 aromatic carbocycles. The largest absolute Gasteiger partial charge is 0.352 e. The van der Waals surface area contributed by atoms with Crippen LogP contribution in [0.1, 0.15) is 43.9 Å². The Labute approximate surface area is 197 Å². The summed E-state index contributed by atoms with van der Waals surface area (Å²) in [6, 6.07) is 13.3. The van der Waals surface area contributed by atoms with E-state index in [0.29, 0.717) is 0 Å². The number of hydrogen-bond acceptors (Lipinski definition) is 4. The molecule has 0 bridgehead atoms. The first kappa shape index (κ1) is 26.5. The predicted molar refractivity (Wildman–Crippen MR) is 130 cm³/mol. The zero-order valence-electron chi connectivity index (χ0n) is 20.3. The summed E-state index contributed by atoms with van der Waals surface area (Å²) in [6.07, 6.45) is 0.766. The third-order valence-electron chi connectivity index (χ3n) is 5.86. The van der Waals surface area contributed by atoms with Gasteiger partial charge in [-0.1, -0.05) is 48.9 Å². The highest BCUT2D eigenvalue weighted by Crippen LogP contribution is 2.18. The Bertz CT molecular complexity index is 1070. The second-order valence-electron chi connectivity index (χ2n) is 8.52. The number of nitrogens with one attached hydrogen (secondary N) is 1. The molecular weight excluding hydrogens is 438 g/mol. The van der Waals surface area contributed by atoms with Crippen LogP contribution in [0.25, 0.3) is 0 Å². The van der Waals surface area contributed by atoms with Crippen molar-refractivity contribution < 1.29 is 18.0 Å². The molecule has 33 heavy (non-hydrogen) atoms. The number of carbonyl (C=O) groups excluding carboxylic acids is 2. The summed E-state index contributed by atoms with van der Waals surface area (Å²) in [4.78, 5) is 27.7. The number of nitrogens with zero attached hydrogens (tertiary/aromatic N) is 2. The first-order valence-electron chi connectivity index (χ1n) is 11.1. The van der Waals surface area contributed by atoms with Crippen molar-refractivity contribution in [2.24, 2.45) is 0 Å². The van der Waals surface area contributed by atoms with Crippen LogP contribution < -0.4 is 5.32 Å². The summed E-state index contributed by atoms with van der Waals surface area (Å²) < 4.78 is 27.0. The topological polar surface area (TPSA) is 86.8 Å². The lowest BCUT2D eigenvalue weighted by Crippen LogP contribution is -2.52. The lowest BCUT2D eigenvalue weighted by Gasteiger charge is -2.31. The van der Waals surface area contributed by atoms with E-state index in [4.69, 9.17) is 0 Å². The van der Waals surface area contributed by atoms with E-state index in [0.717, 1.165) is 27.4 Å². The van der Waals surface area contributed by atoms with Crippen molar-refractivity contribution in [3.05, 3.63) is 65.2 Å². The van der Waals surface area contributed by atoms with E-state index in [1.807, 2.05) is 52.0 Å². The van der Waals surface area contributed by atoms with Crippen molar-refractivity contribution in [2.75, 3.05) is 13.6 Å². The molecule has 8 heteroatoms. The van der Waals surface area contributed by atoms with E-state index >= 15 is 0 Å². The smallest absolute Gasteiger partial charge is 0.243 e. The average Bonchev–Trinajstić information content (AvgIpc) is 2.78. The minimum Gasteiger partial charge on any atom is -0.352 e. The van der Waals surface area contributed by atoms with Crippen LogP contribution in [0.4, 0.5) is 0 Å². The molecule has 2 rings (SSSR count). The van der Waals surface area contributed by atoms with Gasteiger partial charge in [0.15, 0.2) is 0 Å². The third-order valence-corrected chi connectivity index (χ3v) is 7.67. The normalized spacial score (nSPS) is 13.4. The fourth-order valence-electron chi connectivity index (χ4n) is 3.28. The molecule has 0 radical (unpaired) electrons. The average molecular weight is 474 g/mol. The molecule has 2 aromatic rings. The van der Waals surface area contributed by atoms with Crippen molar-refractivity contribution >= 4 is 21.8 Å². The SMILES string of the molecule is CC[C@H](C)NC(=O)[C@@H](C)N(Cc1ccccc1C)C(=O)CN(C)S(=O)(=O)c1ccc(C)cc1. The van der Waals surface area contributed by atoms with Gasteiger partial charge in [0.25, 0.3) is 0 Å². The summed E-state index contributed by atoms with van der Waals surface area (Å²) in [7, 11) is -2.47. The van der Waals surface area contributed by atoms with E-state index in [9.17, 15) is 18.0 Å². The Kier molecular flexibility index (Phi) is 9.19. The van der Waals surface area contributed by atoms with E-state index in [2.05, 4.69) is 5.32 Å². The lowest BCUT2D eigenvalue weighted by atomic mass is 10.1. The van der Waals surface area contributed by atoms with Crippen molar-refractivity contribution in [3.63, 3.8) is 0 Å². The molecule has 0 aliphatic carbocycles. The molecule has 0 fully saturated rings. The van der Waals surface area contributed by atoms with Crippen molar-refractivity contribution in [1.29, 1.82) is 0 Å². The maximum absolute atomic E-state index is 13.3. The number of aryl methyl sites for hydroxylation is 2. The van der Waals surface area contributed by atoms with Crippen LogP contribution in [-0.4, -0.2) is 55.1 Å². The fraction of sp³-hybridized carbons (Fsp3) is 0.440. The maximum Gasteiger partial charge on any atom is 0.243 e. The highest BCUT2D eigenvalue weighted by Gasteiger charge is 2.30. The van der Waals surface area contributed by atoms with Gasteiger partial charge in [0.05, 0.1) is 11.4 Å². The molecule has 0 aromatic heterocycles. The van der Waals surface area contributed by atoms with Crippen molar-refractivity contribution in [2.45, 2.75) is 64.6 Å². The van der Waals surface area contributed by atoms with Gasteiger partial charge in [-0.3, -0.25) is 9.59 Å². The summed E-state index contributed by atoms with van der Waals surface area (Å²) in [6.45, 7) is 9.19. The number of rotatable bonds is 10. The van der Waals surface area contributed by atoms with Crippen molar-refractivity contribution in [1.82, 2.24) is 14.5 Å². The summed E-state index contributed by atoms with van der Waals surface area (Å²) in [5, 5.41) is 2.92. The Hall–Kier alpha value is -2.71. The summed E-state index contributed by atoms with van der Waals surface area (Å²) >= 11 is 0. The zero-order valence-corrected chi connectivity index (χ0v) is 21.1. The molecular formula is C25H35N3O4S. The van der Waals surface area contributed by atoms with Crippen LogP contribution in [0.5, 0.6) is 0 Å². The van der Waals surface area contributed by atoms with E-state index in [1.54, 1.807) is 19.1 Å². The van der Waals surface area contributed by atoms with Crippen LogP contribution in [0.3, 0.4) is 0 Å². The number of amides is 2. The van der Waals surface area contributed by atoms with Gasteiger partial charge < -0.3 is 10.2 Å². The highest BCUT2D eigenvalue weighted by atomic mass is 32.2. The highest BCUT2D eigenvalue weighted by molar-refractivity contribution is 7.89. The van der Waals surface area contributed by atoms with Gasteiger partial charge in [-0.05, 0) is 57.4 Å². The second kappa shape index (κ2) is 11.4. The minimum atomic E-state index is -3.85. The molecule has 0 saturated carbocycles.